The second-order valence-electron chi connectivity index (χ2n) is 3.29. The molecule has 0 saturated carbocycles. The van der Waals surface area contributed by atoms with Crippen LogP contribution in [0.1, 0.15) is 12.5 Å². The SMILES string of the molecule is C/C(N)=C/C(=O)OCCc1ccccc1. The summed E-state index contributed by atoms with van der Waals surface area (Å²) in [4.78, 5) is 11.1. The molecule has 0 fully saturated rings. The van der Waals surface area contributed by atoms with E-state index in [4.69, 9.17) is 10.5 Å². The van der Waals surface area contributed by atoms with Crippen molar-refractivity contribution < 1.29 is 9.53 Å². The summed E-state index contributed by atoms with van der Waals surface area (Å²) in [6.07, 6.45) is 2.01. The minimum atomic E-state index is -0.383. The molecule has 0 atom stereocenters. The number of carbonyl (C=O) groups excluding carboxylic acids is 1. The van der Waals surface area contributed by atoms with Gasteiger partial charge in [0.25, 0.3) is 0 Å². The van der Waals surface area contributed by atoms with Crippen LogP contribution in [0.2, 0.25) is 0 Å². The van der Waals surface area contributed by atoms with E-state index in [2.05, 4.69) is 0 Å². The summed E-state index contributed by atoms with van der Waals surface area (Å²) in [5.41, 5.74) is 6.95. The van der Waals surface area contributed by atoms with Crippen LogP contribution in [0.5, 0.6) is 0 Å². The molecular weight excluding hydrogens is 190 g/mol. The van der Waals surface area contributed by atoms with Crippen LogP contribution in [0.25, 0.3) is 0 Å². The molecule has 0 aliphatic heterocycles. The lowest BCUT2D eigenvalue weighted by Crippen LogP contribution is -2.07. The van der Waals surface area contributed by atoms with Gasteiger partial charge in [-0.25, -0.2) is 4.79 Å². The van der Waals surface area contributed by atoms with Gasteiger partial charge in [0.15, 0.2) is 0 Å². The molecule has 0 radical (unpaired) electrons. The summed E-state index contributed by atoms with van der Waals surface area (Å²) in [7, 11) is 0. The molecular formula is C12H15NO2. The lowest BCUT2D eigenvalue weighted by molar-refractivity contribution is -0.137. The average Bonchev–Trinajstić information content (AvgIpc) is 2.18. The van der Waals surface area contributed by atoms with Crippen LogP contribution in [0.4, 0.5) is 0 Å². The van der Waals surface area contributed by atoms with Gasteiger partial charge in [-0.05, 0) is 12.5 Å². The maximum atomic E-state index is 11.1. The molecule has 1 aromatic carbocycles. The number of benzene rings is 1. The largest absolute Gasteiger partial charge is 0.462 e. The third-order valence-electron chi connectivity index (χ3n) is 1.82. The molecule has 0 heterocycles. The highest BCUT2D eigenvalue weighted by Crippen LogP contribution is 1.99. The van der Waals surface area contributed by atoms with E-state index in [1.807, 2.05) is 30.3 Å². The molecule has 0 aliphatic carbocycles. The highest BCUT2D eigenvalue weighted by atomic mass is 16.5. The fraction of sp³-hybridized carbons (Fsp3) is 0.250. The van der Waals surface area contributed by atoms with E-state index >= 15 is 0 Å². The molecule has 0 spiro atoms. The maximum Gasteiger partial charge on any atom is 0.332 e. The zero-order valence-corrected chi connectivity index (χ0v) is 8.77. The first-order chi connectivity index (χ1) is 7.18. The number of hydrogen-bond donors (Lipinski definition) is 1. The Hall–Kier alpha value is -1.77. The van der Waals surface area contributed by atoms with Crippen molar-refractivity contribution in [2.75, 3.05) is 6.61 Å². The first-order valence-corrected chi connectivity index (χ1v) is 4.83. The van der Waals surface area contributed by atoms with Crippen LogP contribution in [-0.2, 0) is 16.0 Å². The standard InChI is InChI=1S/C12H15NO2/c1-10(13)9-12(14)15-8-7-11-5-3-2-4-6-11/h2-6,9H,7-8,13H2,1H3/b10-9-. The van der Waals surface area contributed by atoms with Gasteiger partial charge >= 0.3 is 5.97 Å². The Morgan fingerprint density at radius 3 is 2.67 bits per heavy atom. The quantitative estimate of drug-likeness (QED) is 0.600. The first-order valence-electron chi connectivity index (χ1n) is 4.83. The van der Waals surface area contributed by atoms with Crippen LogP contribution in [0.15, 0.2) is 42.1 Å². The van der Waals surface area contributed by atoms with Crippen molar-refractivity contribution in [3.8, 4) is 0 Å². The summed E-state index contributed by atoms with van der Waals surface area (Å²) in [5, 5.41) is 0. The second-order valence-corrected chi connectivity index (χ2v) is 3.29. The van der Waals surface area contributed by atoms with Crippen LogP contribution >= 0.6 is 0 Å². The van der Waals surface area contributed by atoms with Gasteiger partial charge < -0.3 is 10.5 Å². The molecule has 0 bridgehead atoms. The number of ether oxygens (including phenoxy) is 1. The van der Waals surface area contributed by atoms with Crippen molar-refractivity contribution in [2.24, 2.45) is 5.73 Å². The fourth-order valence-corrected chi connectivity index (χ4v) is 1.14. The fourth-order valence-electron chi connectivity index (χ4n) is 1.14. The Labute approximate surface area is 89.5 Å². The summed E-state index contributed by atoms with van der Waals surface area (Å²) in [6, 6.07) is 9.87. The van der Waals surface area contributed by atoms with Crippen LogP contribution < -0.4 is 5.73 Å². The maximum absolute atomic E-state index is 11.1. The predicted octanol–water partition coefficient (Wildman–Crippen LogP) is 1.63. The molecule has 0 aromatic heterocycles. The minimum Gasteiger partial charge on any atom is -0.462 e. The third kappa shape index (κ3) is 4.86. The van der Waals surface area contributed by atoms with Crippen LogP contribution in [0, 0.1) is 0 Å². The summed E-state index contributed by atoms with van der Waals surface area (Å²) >= 11 is 0. The molecule has 1 aromatic rings. The van der Waals surface area contributed by atoms with Crippen molar-refractivity contribution in [1.82, 2.24) is 0 Å². The molecule has 80 valence electrons. The number of hydrogen-bond acceptors (Lipinski definition) is 3. The number of nitrogens with two attached hydrogens (primary N) is 1. The Morgan fingerprint density at radius 1 is 1.40 bits per heavy atom. The van der Waals surface area contributed by atoms with Gasteiger partial charge in [-0.3, -0.25) is 0 Å². The van der Waals surface area contributed by atoms with Crippen molar-refractivity contribution in [3.05, 3.63) is 47.7 Å². The molecule has 0 saturated heterocycles. The number of rotatable bonds is 4. The van der Waals surface area contributed by atoms with Crippen LogP contribution in [-0.4, -0.2) is 12.6 Å². The number of allylic oxidation sites excluding steroid dienone is 1. The van der Waals surface area contributed by atoms with E-state index in [0.29, 0.717) is 12.3 Å². The van der Waals surface area contributed by atoms with Gasteiger partial charge in [-0.15, -0.1) is 0 Å². The lowest BCUT2D eigenvalue weighted by Gasteiger charge is -2.02. The average molecular weight is 205 g/mol. The highest BCUT2D eigenvalue weighted by Gasteiger charge is 1.98. The number of carbonyl (C=O) groups is 1. The summed E-state index contributed by atoms with van der Waals surface area (Å²) < 4.78 is 4.96. The van der Waals surface area contributed by atoms with Gasteiger partial charge in [0.2, 0.25) is 0 Å². The topological polar surface area (TPSA) is 52.3 Å². The lowest BCUT2D eigenvalue weighted by atomic mass is 10.2. The van der Waals surface area contributed by atoms with Gasteiger partial charge in [-0.2, -0.15) is 0 Å². The van der Waals surface area contributed by atoms with E-state index in [1.165, 1.54) is 6.08 Å². The second kappa shape index (κ2) is 5.86. The Bertz CT molecular complexity index is 340. The molecule has 3 nitrogen and oxygen atoms in total. The van der Waals surface area contributed by atoms with E-state index in [1.54, 1.807) is 6.92 Å². The molecule has 0 aliphatic rings. The normalized spacial score (nSPS) is 11.1. The highest BCUT2D eigenvalue weighted by molar-refractivity contribution is 5.82. The van der Waals surface area contributed by atoms with Crippen molar-refractivity contribution >= 4 is 5.97 Å². The smallest absolute Gasteiger partial charge is 0.332 e. The molecule has 0 amide bonds. The summed E-state index contributed by atoms with van der Waals surface area (Å²) in [6.45, 7) is 2.03. The van der Waals surface area contributed by atoms with E-state index < -0.39 is 0 Å². The predicted molar refractivity (Wildman–Crippen MR) is 59.0 cm³/mol. The van der Waals surface area contributed by atoms with E-state index in [0.717, 1.165) is 12.0 Å². The van der Waals surface area contributed by atoms with Gasteiger partial charge in [0.1, 0.15) is 0 Å². The van der Waals surface area contributed by atoms with Crippen molar-refractivity contribution in [2.45, 2.75) is 13.3 Å². The van der Waals surface area contributed by atoms with Crippen LogP contribution in [0.3, 0.4) is 0 Å². The van der Waals surface area contributed by atoms with Gasteiger partial charge in [0.05, 0.1) is 6.61 Å². The molecule has 2 N–H and O–H groups in total. The zero-order chi connectivity index (χ0) is 11.1. The minimum absolute atomic E-state index is 0.382. The number of esters is 1. The summed E-state index contributed by atoms with van der Waals surface area (Å²) in [5.74, 6) is -0.383. The Morgan fingerprint density at radius 2 is 2.07 bits per heavy atom. The Balaban J connectivity index is 2.28. The van der Waals surface area contributed by atoms with Crippen molar-refractivity contribution in [1.29, 1.82) is 0 Å². The molecule has 0 unspecified atom stereocenters. The third-order valence-corrected chi connectivity index (χ3v) is 1.82. The Kier molecular flexibility index (Phi) is 4.41. The molecule has 15 heavy (non-hydrogen) atoms. The first kappa shape index (κ1) is 11.3. The molecule has 3 heteroatoms. The van der Waals surface area contributed by atoms with E-state index in [9.17, 15) is 4.79 Å². The zero-order valence-electron chi connectivity index (χ0n) is 8.77. The molecule has 1 rings (SSSR count). The van der Waals surface area contributed by atoms with Gasteiger partial charge in [0, 0.05) is 18.2 Å². The van der Waals surface area contributed by atoms with Gasteiger partial charge in [-0.1, -0.05) is 30.3 Å². The monoisotopic (exact) mass is 205 g/mol. The van der Waals surface area contributed by atoms with Crippen molar-refractivity contribution in [3.63, 3.8) is 0 Å². The van der Waals surface area contributed by atoms with E-state index in [-0.39, 0.29) is 5.97 Å².